The normalized spacial score (nSPS) is 18.0. The van der Waals surface area contributed by atoms with Crippen molar-refractivity contribution in [3.8, 4) is 0 Å². The van der Waals surface area contributed by atoms with Crippen LogP contribution >= 0.6 is 0 Å². The maximum absolute atomic E-state index is 12.6. The summed E-state index contributed by atoms with van der Waals surface area (Å²) in [5, 5.41) is 0. The lowest BCUT2D eigenvalue weighted by Crippen LogP contribution is -2.40. The van der Waals surface area contributed by atoms with Crippen molar-refractivity contribution in [3.05, 3.63) is 23.9 Å². The van der Waals surface area contributed by atoms with Gasteiger partial charge in [0.2, 0.25) is 5.91 Å². The Labute approximate surface area is 150 Å². The Kier molecular flexibility index (Phi) is 6.03. The first kappa shape index (κ1) is 19.2. The van der Waals surface area contributed by atoms with E-state index >= 15 is 0 Å². The number of piperidine rings is 1. The van der Waals surface area contributed by atoms with Gasteiger partial charge in [0.25, 0.3) is 0 Å². The number of likely N-dealkylation sites (tertiary alicyclic amines) is 1. The molecular formula is C19H29N3O3. The molecule has 0 aliphatic carbocycles. The Morgan fingerprint density at radius 1 is 1.36 bits per heavy atom. The average Bonchev–Trinajstić information content (AvgIpc) is 2.54. The number of ether oxygens (including phenoxy) is 1. The number of anilines is 1. The van der Waals surface area contributed by atoms with Crippen molar-refractivity contribution >= 4 is 17.8 Å². The van der Waals surface area contributed by atoms with E-state index in [1.165, 1.54) is 0 Å². The summed E-state index contributed by atoms with van der Waals surface area (Å²) >= 11 is 0. The van der Waals surface area contributed by atoms with Crippen molar-refractivity contribution in [2.24, 2.45) is 0 Å². The van der Waals surface area contributed by atoms with Crippen LogP contribution in [0.25, 0.3) is 0 Å². The fourth-order valence-corrected chi connectivity index (χ4v) is 3.21. The molecule has 0 radical (unpaired) electrons. The molecule has 1 aromatic rings. The molecule has 2 heterocycles. The minimum Gasteiger partial charge on any atom is -0.443 e. The van der Waals surface area contributed by atoms with Crippen LogP contribution in [-0.2, 0) is 9.53 Å². The molecule has 1 aliphatic rings. The van der Waals surface area contributed by atoms with E-state index in [2.05, 4.69) is 4.98 Å². The fourth-order valence-electron chi connectivity index (χ4n) is 3.21. The lowest BCUT2D eigenvalue weighted by molar-refractivity contribution is -0.132. The molecule has 2 rings (SSSR count). The number of carbonyl (C=O) groups is 2. The molecule has 1 aromatic heterocycles. The zero-order valence-corrected chi connectivity index (χ0v) is 15.9. The lowest BCUT2D eigenvalue weighted by Gasteiger charge is -2.37. The van der Waals surface area contributed by atoms with E-state index in [0.29, 0.717) is 12.4 Å². The maximum atomic E-state index is 12.6. The molecule has 2 amide bonds. The van der Waals surface area contributed by atoms with Gasteiger partial charge in [0.05, 0.1) is 6.04 Å². The Bertz CT molecular complexity index is 625. The van der Waals surface area contributed by atoms with E-state index in [4.69, 9.17) is 4.74 Å². The smallest absolute Gasteiger partial charge is 0.415 e. The number of rotatable bonds is 3. The highest BCUT2D eigenvalue weighted by atomic mass is 16.6. The summed E-state index contributed by atoms with van der Waals surface area (Å²) in [6.07, 6.45) is 4.20. The molecule has 1 aliphatic heterocycles. The third-order valence-corrected chi connectivity index (χ3v) is 4.27. The molecule has 0 saturated carbocycles. The molecule has 0 spiro atoms. The molecule has 0 aromatic carbocycles. The second kappa shape index (κ2) is 7.85. The summed E-state index contributed by atoms with van der Waals surface area (Å²) in [5.74, 6) is 0.636. The van der Waals surface area contributed by atoms with Crippen LogP contribution in [0.4, 0.5) is 10.6 Å². The predicted octanol–water partition coefficient (Wildman–Crippen LogP) is 3.92. The molecule has 6 nitrogen and oxygen atoms in total. The van der Waals surface area contributed by atoms with Crippen LogP contribution < -0.4 is 4.90 Å². The first-order valence-electron chi connectivity index (χ1n) is 8.97. The van der Waals surface area contributed by atoms with E-state index in [-0.39, 0.29) is 11.9 Å². The molecular weight excluding hydrogens is 318 g/mol. The molecule has 138 valence electrons. The van der Waals surface area contributed by atoms with Crippen molar-refractivity contribution in [1.29, 1.82) is 0 Å². The summed E-state index contributed by atoms with van der Waals surface area (Å²) in [4.78, 5) is 32.6. The van der Waals surface area contributed by atoms with Crippen molar-refractivity contribution in [1.82, 2.24) is 9.88 Å². The van der Waals surface area contributed by atoms with Crippen LogP contribution in [-0.4, -0.2) is 40.6 Å². The minimum absolute atomic E-state index is 0.0496. The van der Waals surface area contributed by atoms with E-state index in [1.807, 2.05) is 44.7 Å². The highest BCUT2D eigenvalue weighted by Gasteiger charge is 2.31. The number of carbonyl (C=O) groups excluding carboxylic acids is 2. The molecule has 0 unspecified atom stereocenters. The van der Waals surface area contributed by atoms with E-state index in [1.54, 1.807) is 18.0 Å². The summed E-state index contributed by atoms with van der Waals surface area (Å²) in [6, 6.07) is 3.77. The van der Waals surface area contributed by atoms with Gasteiger partial charge >= 0.3 is 6.09 Å². The second-order valence-corrected chi connectivity index (χ2v) is 7.36. The highest BCUT2D eigenvalue weighted by molar-refractivity contribution is 5.87. The average molecular weight is 347 g/mol. The van der Waals surface area contributed by atoms with Gasteiger partial charge in [0.15, 0.2) is 0 Å². The van der Waals surface area contributed by atoms with Crippen LogP contribution in [0.2, 0.25) is 0 Å². The predicted molar refractivity (Wildman–Crippen MR) is 97.5 cm³/mol. The zero-order valence-electron chi connectivity index (χ0n) is 15.9. The fraction of sp³-hybridized carbons (Fsp3) is 0.632. The van der Waals surface area contributed by atoms with Crippen LogP contribution in [0.5, 0.6) is 0 Å². The monoisotopic (exact) mass is 347 g/mol. The van der Waals surface area contributed by atoms with Gasteiger partial charge in [-0.25, -0.2) is 9.78 Å². The first-order chi connectivity index (χ1) is 11.7. The summed E-state index contributed by atoms with van der Waals surface area (Å²) in [6.45, 7) is 10.2. The summed E-state index contributed by atoms with van der Waals surface area (Å²) < 4.78 is 5.53. The van der Waals surface area contributed by atoms with Gasteiger partial charge in [-0.1, -0.05) is 6.07 Å². The van der Waals surface area contributed by atoms with Gasteiger partial charge in [-0.15, -0.1) is 0 Å². The van der Waals surface area contributed by atoms with Crippen LogP contribution in [0, 0.1) is 0 Å². The largest absolute Gasteiger partial charge is 0.443 e. The van der Waals surface area contributed by atoms with Crippen molar-refractivity contribution < 1.29 is 14.3 Å². The number of aromatic nitrogens is 1. The third-order valence-electron chi connectivity index (χ3n) is 4.27. The minimum atomic E-state index is -0.574. The Morgan fingerprint density at radius 3 is 2.68 bits per heavy atom. The topological polar surface area (TPSA) is 62.7 Å². The Hall–Kier alpha value is -2.11. The van der Waals surface area contributed by atoms with Crippen molar-refractivity contribution in [2.75, 3.05) is 18.0 Å². The third kappa shape index (κ3) is 4.71. The second-order valence-electron chi connectivity index (χ2n) is 7.36. The van der Waals surface area contributed by atoms with Gasteiger partial charge in [0.1, 0.15) is 11.4 Å². The molecule has 1 fully saturated rings. The molecule has 0 bridgehead atoms. The Morgan fingerprint density at radius 2 is 2.08 bits per heavy atom. The van der Waals surface area contributed by atoms with Gasteiger partial charge in [-0.2, -0.15) is 0 Å². The Balaban J connectivity index is 2.38. The van der Waals surface area contributed by atoms with Gasteiger partial charge in [0, 0.05) is 31.8 Å². The lowest BCUT2D eigenvalue weighted by atomic mass is 9.95. The number of hydrogen-bond acceptors (Lipinski definition) is 4. The van der Waals surface area contributed by atoms with Crippen molar-refractivity contribution in [3.63, 3.8) is 0 Å². The molecule has 1 atom stereocenters. The number of pyridine rings is 1. The molecule has 0 N–H and O–H groups in total. The van der Waals surface area contributed by atoms with E-state index < -0.39 is 11.7 Å². The summed E-state index contributed by atoms with van der Waals surface area (Å²) in [7, 11) is 0. The van der Waals surface area contributed by atoms with Gasteiger partial charge < -0.3 is 9.64 Å². The molecule has 25 heavy (non-hydrogen) atoms. The number of hydrogen-bond donors (Lipinski definition) is 0. The first-order valence-corrected chi connectivity index (χ1v) is 8.97. The summed E-state index contributed by atoms with van der Waals surface area (Å²) in [5.41, 5.74) is 0.334. The van der Waals surface area contributed by atoms with Gasteiger partial charge in [-0.3, -0.25) is 9.69 Å². The molecule has 6 heteroatoms. The highest BCUT2D eigenvalue weighted by Crippen LogP contribution is 2.35. The number of nitrogens with zero attached hydrogens (tertiary/aromatic N) is 3. The van der Waals surface area contributed by atoms with Gasteiger partial charge in [-0.05, 0) is 53.0 Å². The zero-order chi connectivity index (χ0) is 18.6. The quantitative estimate of drug-likeness (QED) is 0.831. The SMILES string of the molecule is CCN(C(=O)OC(C)(C)C)c1ncccc1[C@@H]1CCCCN1C(C)=O. The van der Waals surface area contributed by atoms with Crippen molar-refractivity contribution in [2.45, 2.75) is 65.5 Å². The van der Waals surface area contributed by atoms with Crippen LogP contribution in [0.1, 0.15) is 65.5 Å². The standard InChI is InChI=1S/C19H29N3O3/c1-6-21(18(24)25-19(3,4)5)17-15(10-9-12-20-17)16-11-7-8-13-22(16)14(2)23/h9-10,12,16H,6-8,11,13H2,1-5H3/t16-/m0/s1. The number of amides is 2. The van der Waals surface area contributed by atoms with Crippen LogP contribution in [0.15, 0.2) is 18.3 Å². The van der Waals surface area contributed by atoms with E-state index in [0.717, 1.165) is 31.4 Å². The maximum Gasteiger partial charge on any atom is 0.415 e. The van der Waals surface area contributed by atoms with Crippen LogP contribution in [0.3, 0.4) is 0 Å². The molecule has 1 saturated heterocycles. The van der Waals surface area contributed by atoms with E-state index in [9.17, 15) is 9.59 Å².